The molecule has 0 aliphatic heterocycles. The average molecular weight is 268 g/mol. The number of rotatable bonds is 3. The minimum atomic E-state index is -0.409. The van der Waals surface area contributed by atoms with Crippen LogP contribution in [0.4, 0.5) is 4.39 Å². The summed E-state index contributed by atoms with van der Waals surface area (Å²) in [5.74, 6) is -0.409. The van der Waals surface area contributed by atoms with E-state index in [1.54, 1.807) is 17.6 Å². The molecule has 1 aromatic heterocycles. The van der Waals surface area contributed by atoms with E-state index in [0.717, 1.165) is 11.3 Å². The van der Waals surface area contributed by atoms with E-state index < -0.39 is 5.82 Å². The molecule has 2 N–H and O–H groups in total. The van der Waals surface area contributed by atoms with Gasteiger partial charge in [-0.1, -0.05) is 23.6 Å². The van der Waals surface area contributed by atoms with E-state index in [1.165, 1.54) is 16.7 Å². The van der Waals surface area contributed by atoms with Crippen molar-refractivity contribution >= 4 is 28.5 Å². The first-order valence-electron chi connectivity index (χ1n) is 4.79. The first kappa shape index (κ1) is 11.9. The van der Waals surface area contributed by atoms with Crippen LogP contribution in [-0.4, -0.2) is 9.56 Å². The third-order valence-corrected chi connectivity index (χ3v) is 3.17. The van der Waals surface area contributed by atoms with Crippen molar-refractivity contribution in [2.24, 2.45) is 5.73 Å². The molecule has 0 saturated heterocycles. The summed E-state index contributed by atoms with van der Waals surface area (Å²) < 4.78 is 14.8. The first-order valence-corrected chi connectivity index (χ1v) is 6.08. The molecule has 0 aliphatic rings. The monoisotopic (exact) mass is 268 g/mol. The zero-order valence-electron chi connectivity index (χ0n) is 8.72. The van der Waals surface area contributed by atoms with Crippen LogP contribution in [0.15, 0.2) is 34.6 Å². The maximum absolute atomic E-state index is 13.3. The van der Waals surface area contributed by atoms with Gasteiger partial charge in [0.05, 0.1) is 6.54 Å². The highest BCUT2D eigenvalue weighted by molar-refractivity contribution is 7.80. The van der Waals surface area contributed by atoms with Gasteiger partial charge < -0.3 is 10.3 Å². The Morgan fingerprint density at radius 1 is 1.47 bits per heavy atom. The van der Waals surface area contributed by atoms with Crippen LogP contribution in [0, 0.1) is 5.82 Å². The fraction of sp³-hybridized carbons (Fsp3) is 0.0909. The lowest BCUT2D eigenvalue weighted by molar-refractivity contribution is 0.623. The molecule has 0 amide bonds. The summed E-state index contributed by atoms with van der Waals surface area (Å²) in [6, 6.07) is 4.34. The van der Waals surface area contributed by atoms with Crippen molar-refractivity contribution in [3.8, 4) is 0 Å². The Morgan fingerprint density at radius 2 is 2.24 bits per heavy atom. The largest absolute Gasteiger partial charge is 0.389 e. The smallest absolute Gasteiger partial charge is 0.307 e. The van der Waals surface area contributed by atoms with E-state index >= 15 is 0 Å². The highest BCUT2D eigenvalue weighted by Gasteiger charge is 2.05. The van der Waals surface area contributed by atoms with Gasteiger partial charge in [-0.2, -0.15) is 0 Å². The molecule has 2 aromatic rings. The van der Waals surface area contributed by atoms with Gasteiger partial charge >= 0.3 is 4.87 Å². The molecule has 0 atom stereocenters. The van der Waals surface area contributed by atoms with Gasteiger partial charge in [0.1, 0.15) is 10.8 Å². The summed E-state index contributed by atoms with van der Waals surface area (Å²) in [4.78, 5) is 11.4. The van der Waals surface area contributed by atoms with Crippen molar-refractivity contribution in [3.05, 3.63) is 56.4 Å². The van der Waals surface area contributed by atoms with Crippen LogP contribution in [0.2, 0.25) is 0 Å². The Morgan fingerprint density at radius 3 is 2.82 bits per heavy atom. The predicted molar refractivity (Wildman–Crippen MR) is 70.0 cm³/mol. The summed E-state index contributed by atoms with van der Waals surface area (Å²) in [6.07, 6.45) is 1.67. The molecule has 6 heteroatoms. The van der Waals surface area contributed by atoms with Crippen LogP contribution in [-0.2, 0) is 6.54 Å². The standard InChI is InChI=1S/C11H9FN2OS2/c12-9-4-7(3-8(5-9)10(13)16)6-14-1-2-17-11(14)15/h1-5H,6H2,(H2,13,16). The first-order chi connectivity index (χ1) is 8.06. The van der Waals surface area contributed by atoms with Gasteiger partial charge in [-0.3, -0.25) is 4.79 Å². The molecule has 17 heavy (non-hydrogen) atoms. The van der Waals surface area contributed by atoms with E-state index in [4.69, 9.17) is 18.0 Å². The Kier molecular flexibility index (Phi) is 3.35. The molecule has 1 heterocycles. The van der Waals surface area contributed by atoms with E-state index in [-0.39, 0.29) is 9.86 Å². The van der Waals surface area contributed by atoms with Gasteiger partial charge in [-0.05, 0) is 23.8 Å². The molecule has 3 nitrogen and oxygen atoms in total. The maximum atomic E-state index is 13.3. The number of thiazole rings is 1. The molecule has 0 saturated carbocycles. The summed E-state index contributed by atoms with van der Waals surface area (Å²) in [5, 5.41) is 1.69. The molecule has 0 bridgehead atoms. The van der Waals surface area contributed by atoms with E-state index in [1.807, 2.05) is 0 Å². The Labute approximate surface area is 106 Å². The van der Waals surface area contributed by atoms with Crippen LogP contribution in [0.3, 0.4) is 0 Å². The second-order valence-electron chi connectivity index (χ2n) is 3.51. The molecule has 0 fully saturated rings. The lowest BCUT2D eigenvalue weighted by Crippen LogP contribution is -2.14. The van der Waals surface area contributed by atoms with Crippen LogP contribution < -0.4 is 10.6 Å². The number of benzene rings is 1. The highest BCUT2D eigenvalue weighted by atomic mass is 32.1. The van der Waals surface area contributed by atoms with Crippen molar-refractivity contribution in [1.29, 1.82) is 0 Å². The fourth-order valence-electron chi connectivity index (χ4n) is 1.49. The van der Waals surface area contributed by atoms with Crippen LogP contribution in [0.1, 0.15) is 11.1 Å². The fourth-order valence-corrected chi connectivity index (χ4v) is 2.19. The minimum absolute atomic E-state index is 0.0777. The Balaban J connectivity index is 2.36. The van der Waals surface area contributed by atoms with Gasteiger partial charge in [0.2, 0.25) is 0 Å². The lowest BCUT2D eigenvalue weighted by atomic mass is 10.1. The third-order valence-electron chi connectivity index (χ3n) is 2.24. The zero-order chi connectivity index (χ0) is 12.4. The molecular weight excluding hydrogens is 259 g/mol. The molecule has 0 aliphatic carbocycles. The minimum Gasteiger partial charge on any atom is -0.389 e. The van der Waals surface area contributed by atoms with Crippen molar-refractivity contribution in [2.75, 3.05) is 0 Å². The molecule has 2 rings (SSSR count). The van der Waals surface area contributed by atoms with E-state index in [9.17, 15) is 9.18 Å². The molecule has 0 spiro atoms. The topological polar surface area (TPSA) is 48.0 Å². The average Bonchev–Trinajstić information content (AvgIpc) is 2.63. The van der Waals surface area contributed by atoms with Gasteiger partial charge in [0.25, 0.3) is 0 Å². The van der Waals surface area contributed by atoms with Gasteiger partial charge in [-0.15, -0.1) is 0 Å². The number of aromatic nitrogens is 1. The van der Waals surface area contributed by atoms with Crippen LogP contribution in [0.25, 0.3) is 0 Å². The number of thiocarbonyl (C=S) groups is 1. The second kappa shape index (κ2) is 4.77. The number of nitrogens with zero attached hydrogens (tertiary/aromatic N) is 1. The number of hydrogen-bond acceptors (Lipinski definition) is 3. The second-order valence-corrected chi connectivity index (χ2v) is 4.81. The third kappa shape index (κ3) is 2.78. The number of nitrogens with two attached hydrogens (primary N) is 1. The number of hydrogen-bond donors (Lipinski definition) is 1. The van der Waals surface area contributed by atoms with Crippen LogP contribution >= 0.6 is 23.6 Å². The summed E-state index contributed by atoms with van der Waals surface area (Å²) in [7, 11) is 0. The molecule has 1 aromatic carbocycles. The SMILES string of the molecule is NC(=S)c1cc(F)cc(Cn2ccsc2=O)c1. The van der Waals surface area contributed by atoms with Crippen molar-refractivity contribution in [1.82, 2.24) is 4.57 Å². The quantitative estimate of drug-likeness (QED) is 0.862. The van der Waals surface area contributed by atoms with Gasteiger partial charge in [-0.25, -0.2) is 4.39 Å². The zero-order valence-corrected chi connectivity index (χ0v) is 10.4. The Bertz CT molecular complexity index is 618. The molecular formula is C11H9FN2OS2. The summed E-state index contributed by atoms with van der Waals surface area (Å²) in [5.41, 5.74) is 6.58. The van der Waals surface area contributed by atoms with E-state index in [2.05, 4.69) is 0 Å². The molecule has 88 valence electrons. The lowest BCUT2D eigenvalue weighted by Gasteiger charge is -2.05. The normalized spacial score (nSPS) is 10.4. The van der Waals surface area contributed by atoms with Crippen molar-refractivity contribution in [2.45, 2.75) is 6.54 Å². The van der Waals surface area contributed by atoms with Crippen molar-refractivity contribution in [3.63, 3.8) is 0 Å². The Hall–Kier alpha value is -1.53. The van der Waals surface area contributed by atoms with Crippen molar-refractivity contribution < 1.29 is 4.39 Å². The number of halogens is 1. The van der Waals surface area contributed by atoms with E-state index in [0.29, 0.717) is 17.7 Å². The summed E-state index contributed by atoms with van der Waals surface area (Å²) in [6.45, 7) is 0.315. The molecule has 0 unspecified atom stereocenters. The molecule has 0 radical (unpaired) electrons. The highest BCUT2D eigenvalue weighted by Crippen LogP contribution is 2.10. The predicted octanol–water partition coefficient (Wildman–Crippen LogP) is 1.73. The van der Waals surface area contributed by atoms with Crippen LogP contribution in [0.5, 0.6) is 0 Å². The summed E-state index contributed by atoms with van der Waals surface area (Å²) >= 11 is 5.90. The van der Waals surface area contributed by atoms with Gasteiger partial charge in [0, 0.05) is 17.1 Å². The maximum Gasteiger partial charge on any atom is 0.307 e. The van der Waals surface area contributed by atoms with Gasteiger partial charge in [0.15, 0.2) is 0 Å².